The van der Waals surface area contributed by atoms with Gasteiger partial charge >= 0.3 is 0 Å². The molecule has 0 aromatic rings. The van der Waals surface area contributed by atoms with Crippen LogP contribution in [0.2, 0.25) is 0 Å². The highest BCUT2D eigenvalue weighted by molar-refractivity contribution is 4.83. The van der Waals surface area contributed by atoms with Crippen molar-refractivity contribution in [2.75, 3.05) is 39.4 Å². The van der Waals surface area contributed by atoms with E-state index in [1.54, 1.807) is 0 Å². The Morgan fingerprint density at radius 1 is 1.17 bits per heavy atom. The molecule has 2 fully saturated rings. The molecule has 106 valence electrons. The molecule has 3 nitrogen and oxygen atoms in total. The minimum absolute atomic E-state index is 0.764. The second kappa shape index (κ2) is 7.46. The first-order valence-corrected chi connectivity index (χ1v) is 7.81. The minimum atomic E-state index is 0.764. The topological polar surface area (TPSA) is 24.5 Å². The van der Waals surface area contributed by atoms with Crippen LogP contribution in [0.3, 0.4) is 0 Å². The lowest BCUT2D eigenvalue weighted by atomic mass is 9.78. The molecule has 0 spiro atoms. The summed E-state index contributed by atoms with van der Waals surface area (Å²) in [5, 5.41) is 3.82. The van der Waals surface area contributed by atoms with Crippen LogP contribution in [0, 0.1) is 11.8 Å². The summed E-state index contributed by atoms with van der Waals surface area (Å²) in [6.45, 7) is 11.1. The summed E-state index contributed by atoms with van der Waals surface area (Å²) >= 11 is 0. The van der Waals surface area contributed by atoms with Gasteiger partial charge < -0.3 is 10.1 Å². The van der Waals surface area contributed by atoms with Crippen LogP contribution >= 0.6 is 0 Å². The van der Waals surface area contributed by atoms with Crippen molar-refractivity contribution in [2.24, 2.45) is 11.8 Å². The SMILES string of the molecule is CC(C)[C@H]1CCCC[C@@H]1NCCN1CCOCC1. The standard InChI is InChI=1S/C15H30N2O/c1-13(2)14-5-3-4-6-15(14)16-7-8-17-9-11-18-12-10-17/h13-16H,3-12H2,1-2H3/t14-,15+/m1/s1. The van der Waals surface area contributed by atoms with Gasteiger partial charge in [0.1, 0.15) is 0 Å². The number of nitrogens with one attached hydrogen (secondary N) is 1. The first-order chi connectivity index (χ1) is 8.77. The third kappa shape index (κ3) is 4.22. The highest BCUT2D eigenvalue weighted by Crippen LogP contribution is 2.29. The molecule has 3 heteroatoms. The molecule has 1 saturated carbocycles. The number of hydrogen-bond donors (Lipinski definition) is 1. The molecule has 1 heterocycles. The van der Waals surface area contributed by atoms with Crippen LogP contribution in [0.15, 0.2) is 0 Å². The van der Waals surface area contributed by atoms with Gasteiger partial charge in [-0.3, -0.25) is 4.90 Å². The molecule has 0 unspecified atom stereocenters. The van der Waals surface area contributed by atoms with Crippen molar-refractivity contribution in [3.63, 3.8) is 0 Å². The summed E-state index contributed by atoms with van der Waals surface area (Å²) in [6.07, 6.45) is 5.65. The Hall–Kier alpha value is -0.120. The van der Waals surface area contributed by atoms with E-state index in [2.05, 4.69) is 24.1 Å². The van der Waals surface area contributed by atoms with Gasteiger partial charge in [0.05, 0.1) is 13.2 Å². The summed E-state index contributed by atoms with van der Waals surface area (Å²) in [5.41, 5.74) is 0. The molecule has 1 aliphatic carbocycles. The molecule has 2 atom stereocenters. The van der Waals surface area contributed by atoms with E-state index < -0.39 is 0 Å². The molecule has 0 radical (unpaired) electrons. The zero-order chi connectivity index (χ0) is 12.8. The molecule has 0 aromatic carbocycles. The van der Waals surface area contributed by atoms with Crippen molar-refractivity contribution >= 4 is 0 Å². The van der Waals surface area contributed by atoms with E-state index >= 15 is 0 Å². The van der Waals surface area contributed by atoms with Crippen LogP contribution in [-0.2, 0) is 4.74 Å². The number of nitrogens with zero attached hydrogens (tertiary/aromatic N) is 1. The van der Waals surface area contributed by atoms with E-state index in [1.807, 2.05) is 0 Å². The second-order valence-corrected chi connectivity index (χ2v) is 6.21. The Morgan fingerprint density at radius 3 is 2.61 bits per heavy atom. The van der Waals surface area contributed by atoms with Gasteiger partial charge in [0.2, 0.25) is 0 Å². The molecule has 18 heavy (non-hydrogen) atoms. The Balaban J connectivity index is 1.67. The quantitative estimate of drug-likeness (QED) is 0.813. The smallest absolute Gasteiger partial charge is 0.0594 e. The van der Waals surface area contributed by atoms with Crippen LogP contribution in [0.5, 0.6) is 0 Å². The monoisotopic (exact) mass is 254 g/mol. The van der Waals surface area contributed by atoms with E-state index in [1.165, 1.54) is 32.2 Å². The maximum Gasteiger partial charge on any atom is 0.0594 e. The maximum absolute atomic E-state index is 5.38. The first kappa shape index (κ1) is 14.3. The van der Waals surface area contributed by atoms with E-state index in [0.717, 1.165) is 50.7 Å². The number of ether oxygens (including phenoxy) is 1. The van der Waals surface area contributed by atoms with Gasteiger partial charge in [0.25, 0.3) is 0 Å². The number of rotatable bonds is 5. The van der Waals surface area contributed by atoms with Crippen molar-refractivity contribution < 1.29 is 4.74 Å². The Morgan fingerprint density at radius 2 is 1.89 bits per heavy atom. The van der Waals surface area contributed by atoms with Crippen LogP contribution < -0.4 is 5.32 Å². The van der Waals surface area contributed by atoms with Gasteiger partial charge in [-0.15, -0.1) is 0 Å². The summed E-state index contributed by atoms with van der Waals surface area (Å²) in [4.78, 5) is 2.52. The predicted octanol–water partition coefficient (Wildman–Crippen LogP) is 2.12. The fraction of sp³-hybridized carbons (Fsp3) is 1.00. The summed E-state index contributed by atoms with van der Waals surface area (Å²) < 4.78 is 5.38. The zero-order valence-corrected chi connectivity index (χ0v) is 12.2. The van der Waals surface area contributed by atoms with Gasteiger partial charge in [-0.1, -0.05) is 26.7 Å². The fourth-order valence-electron chi connectivity index (χ4n) is 3.44. The summed E-state index contributed by atoms with van der Waals surface area (Å²) in [7, 11) is 0. The van der Waals surface area contributed by atoms with Gasteiger partial charge in [-0.2, -0.15) is 0 Å². The van der Waals surface area contributed by atoms with E-state index in [-0.39, 0.29) is 0 Å². The average molecular weight is 254 g/mol. The van der Waals surface area contributed by atoms with Crippen LogP contribution in [-0.4, -0.2) is 50.3 Å². The van der Waals surface area contributed by atoms with Crippen molar-refractivity contribution in [3.05, 3.63) is 0 Å². The highest BCUT2D eigenvalue weighted by atomic mass is 16.5. The van der Waals surface area contributed by atoms with Crippen molar-refractivity contribution in [3.8, 4) is 0 Å². The Bertz CT molecular complexity index is 227. The van der Waals surface area contributed by atoms with Crippen LogP contribution in [0.1, 0.15) is 39.5 Å². The molecular weight excluding hydrogens is 224 g/mol. The van der Waals surface area contributed by atoms with Gasteiger partial charge in [0.15, 0.2) is 0 Å². The lowest BCUT2D eigenvalue weighted by Crippen LogP contribution is -2.46. The fourth-order valence-corrected chi connectivity index (χ4v) is 3.44. The van der Waals surface area contributed by atoms with Crippen molar-refractivity contribution in [1.82, 2.24) is 10.2 Å². The molecule has 0 bridgehead atoms. The Kier molecular flexibility index (Phi) is 5.93. The van der Waals surface area contributed by atoms with Crippen LogP contribution in [0.4, 0.5) is 0 Å². The van der Waals surface area contributed by atoms with Crippen LogP contribution in [0.25, 0.3) is 0 Å². The highest BCUT2D eigenvalue weighted by Gasteiger charge is 2.26. The lowest BCUT2D eigenvalue weighted by Gasteiger charge is -2.36. The largest absolute Gasteiger partial charge is 0.379 e. The van der Waals surface area contributed by atoms with Crippen molar-refractivity contribution in [1.29, 1.82) is 0 Å². The third-order valence-electron chi connectivity index (χ3n) is 4.61. The maximum atomic E-state index is 5.38. The van der Waals surface area contributed by atoms with Gasteiger partial charge in [-0.05, 0) is 24.7 Å². The molecule has 0 aromatic heterocycles. The number of hydrogen-bond acceptors (Lipinski definition) is 3. The first-order valence-electron chi connectivity index (χ1n) is 7.81. The normalized spacial score (nSPS) is 30.8. The van der Waals surface area contributed by atoms with Gasteiger partial charge in [0, 0.05) is 32.2 Å². The van der Waals surface area contributed by atoms with Gasteiger partial charge in [-0.25, -0.2) is 0 Å². The predicted molar refractivity (Wildman–Crippen MR) is 75.8 cm³/mol. The van der Waals surface area contributed by atoms with Crippen molar-refractivity contribution in [2.45, 2.75) is 45.6 Å². The molecule has 2 rings (SSSR count). The summed E-state index contributed by atoms with van der Waals surface area (Å²) in [5.74, 6) is 1.72. The molecule has 1 N–H and O–H groups in total. The molecular formula is C15H30N2O. The average Bonchev–Trinajstić information content (AvgIpc) is 2.40. The third-order valence-corrected chi connectivity index (χ3v) is 4.61. The Labute approximate surface area is 112 Å². The second-order valence-electron chi connectivity index (χ2n) is 6.21. The molecule has 0 amide bonds. The number of morpholine rings is 1. The lowest BCUT2D eigenvalue weighted by molar-refractivity contribution is 0.0374. The van der Waals surface area contributed by atoms with E-state index in [4.69, 9.17) is 4.74 Å². The summed E-state index contributed by atoms with van der Waals surface area (Å²) in [6, 6.07) is 0.764. The zero-order valence-electron chi connectivity index (χ0n) is 12.2. The molecule has 1 aliphatic heterocycles. The van der Waals surface area contributed by atoms with E-state index in [0.29, 0.717) is 0 Å². The van der Waals surface area contributed by atoms with E-state index in [9.17, 15) is 0 Å². The minimum Gasteiger partial charge on any atom is -0.379 e. The molecule has 2 aliphatic rings. The molecule has 1 saturated heterocycles.